The number of nitrogens with one attached hydrogen (secondary N) is 1. The molecule has 0 saturated carbocycles. The van der Waals surface area contributed by atoms with Crippen molar-refractivity contribution in [3.05, 3.63) is 64.4 Å². The minimum absolute atomic E-state index is 0.000648. The van der Waals surface area contributed by atoms with Gasteiger partial charge in [0.2, 0.25) is 0 Å². The highest BCUT2D eigenvalue weighted by Gasteiger charge is 2.11. The van der Waals surface area contributed by atoms with Crippen LogP contribution < -0.4 is 5.32 Å². The third-order valence-electron chi connectivity index (χ3n) is 2.87. The molecule has 0 aliphatic heterocycles. The number of hydrogen-bond donors (Lipinski definition) is 1. The Morgan fingerprint density at radius 2 is 1.89 bits per heavy atom. The standard InChI is InChI=1S/C15H15ClFN/c1-10-5-3-6-12(9-10)11(2)18-15-13(16)7-4-8-14(15)17/h3-9,11,18H,1-2H3. The first-order valence-corrected chi connectivity index (χ1v) is 6.23. The van der Waals surface area contributed by atoms with Crippen molar-refractivity contribution in [1.82, 2.24) is 0 Å². The first-order chi connectivity index (χ1) is 8.58. The van der Waals surface area contributed by atoms with E-state index in [0.717, 1.165) is 5.56 Å². The monoisotopic (exact) mass is 263 g/mol. The first kappa shape index (κ1) is 12.9. The molecule has 1 unspecified atom stereocenters. The summed E-state index contributed by atoms with van der Waals surface area (Å²) in [6.07, 6.45) is 0. The van der Waals surface area contributed by atoms with Gasteiger partial charge in [0.1, 0.15) is 5.82 Å². The maximum absolute atomic E-state index is 13.7. The highest BCUT2D eigenvalue weighted by atomic mass is 35.5. The second kappa shape index (κ2) is 5.40. The largest absolute Gasteiger partial charge is 0.375 e. The van der Waals surface area contributed by atoms with Crippen molar-refractivity contribution in [2.24, 2.45) is 0 Å². The lowest BCUT2D eigenvalue weighted by Crippen LogP contribution is -2.08. The van der Waals surface area contributed by atoms with Gasteiger partial charge >= 0.3 is 0 Å². The number of rotatable bonds is 3. The highest BCUT2D eigenvalue weighted by Crippen LogP contribution is 2.28. The summed E-state index contributed by atoms with van der Waals surface area (Å²) < 4.78 is 13.7. The van der Waals surface area contributed by atoms with Crippen LogP contribution in [0.25, 0.3) is 0 Å². The molecule has 0 saturated heterocycles. The molecule has 1 N–H and O–H groups in total. The van der Waals surface area contributed by atoms with Crippen LogP contribution in [-0.4, -0.2) is 0 Å². The van der Waals surface area contributed by atoms with Crippen LogP contribution in [0.3, 0.4) is 0 Å². The van der Waals surface area contributed by atoms with Crippen LogP contribution in [0.15, 0.2) is 42.5 Å². The van der Waals surface area contributed by atoms with Crippen molar-refractivity contribution >= 4 is 17.3 Å². The van der Waals surface area contributed by atoms with E-state index in [1.807, 2.05) is 32.0 Å². The Kier molecular flexibility index (Phi) is 3.87. The Morgan fingerprint density at radius 3 is 2.56 bits per heavy atom. The van der Waals surface area contributed by atoms with Gasteiger partial charge in [0.05, 0.1) is 10.7 Å². The number of benzene rings is 2. The van der Waals surface area contributed by atoms with Gasteiger partial charge in [-0.15, -0.1) is 0 Å². The Morgan fingerprint density at radius 1 is 1.17 bits per heavy atom. The maximum atomic E-state index is 13.7. The van der Waals surface area contributed by atoms with Crippen molar-refractivity contribution in [2.45, 2.75) is 19.9 Å². The number of aryl methyl sites for hydroxylation is 1. The Balaban J connectivity index is 2.24. The quantitative estimate of drug-likeness (QED) is 0.825. The van der Waals surface area contributed by atoms with Crippen LogP contribution in [0.5, 0.6) is 0 Å². The Hall–Kier alpha value is -1.54. The predicted octanol–water partition coefficient (Wildman–Crippen LogP) is 4.96. The van der Waals surface area contributed by atoms with Crippen LogP contribution >= 0.6 is 11.6 Å². The van der Waals surface area contributed by atoms with Gasteiger partial charge in [-0.2, -0.15) is 0 Å². The van der Waals surface area contributed by atoms with Crippen molar-refractivity contribution < 1.29 is 4.39 Å². The molecule has 1 atom stereocenters. The molecule has 18 heavy (non-hydrogen) atoms. The molecule has 94 valence electrons. The average molecular weight is 264 g/mol. The third-order valence-corrected chi connectivity index (χ3v) is 3.18. The van der Waals surface area contributed by atoms with E-state index >= 15 is 0 Å². The lowest BCUT2D eigenvalue weighted by molar-refractivity contribution is 0.627. The van der Waals surface area contributed by atoms with Gasteiger partial charge < -0.3 is 5.32 Å². The van der Waals surface area contributed by atoms with E-state index in [0.29, 0.717) is 10.7 Å². The summed E-state index contributed by atoms with van der Waals surface area (Å²) >= 11 is 5.99. The van der Waals surface area contributed by atoms with Crippen molar-refractivity contribution in [3.8, 4) is 0 Å². The van der Waals surface area contributed by atoms with E-state index in [2.05, 4.69) is 11.4 Å². The summed E-state index contributed by atoms with van der Waals surface area (Å²) in [4.78, 5) is 0. The zero-order chi connectivity index (χ0) is 13.1. The number of para-hydroxylation sites is 1. The molecule has 0 spiro atoms. The second-order valence-electron chi connectivity index (χ2n) is 4.38. The van der Waals surface area contributed by atoms with Crippen LogP contribution in [0.4, 0.5) is 10.1 Å². The zero-order valence-electron chi connectivity index (χ0n) is 10.4. The van der Waals surface area contributed by atoms with Crippen LogP contribution in [0.1, 0.15) is 24.1 Å². The SMILES string of the molecule is Cc1cccc(C(C)Nc2c(F)cccc2Cl)c1. The van der Waals surface area contributed by atoms with Crippen LogP contribution in [0, 0.1) is 12.7 Å². The molecule has 2 aromatic rings. The van der Waals surface area contributed by atoms with E-state index in [4.69, 9.17) is 11.6 Å². The van der Waals surface area contributed by atoms with Gasteiger partial charge in [0, 0.05) is 6.04 Å². The van der Waals surface area contributed by atoms with E-state index in [1.165, 1.54) is 11.6 Å². The third kappa shape index (κ3) is 2.82. The van der Waals surface area contributed by atoms with Crippen LogP contribution in [-0.2, 0) is 0 Å². The molecule has 0 aliphatic carbocycles. The summed E-state index contributed by atoms with van der Waals surface area (Å²) in [7, 11) is 0. The minimum atomic E-state index is -0.331. The molecular formula is C15H15ClFN. The summed E-state index contributed by atoms with van der Waals surface area (Å²) in [5, 5.41) is 3.51. The molecule has 1 nitrogen and oxygen atoms in total. The van der Waals surface area contributed by atoms with E-state index in [1.54, 1.807) is 12.1 Å². The normalized spacial score (nSPS) is 12.2. The van der Waals surface area contributed by atoms with Crippen molar-refractivity contribution in [2.75, 3.05) is 5.32 Å². The van der Waals surface area contributed by atoms with Gasteiger partial charge in [-0.3, -0.25) is 0 Å². The lowest BCUT2D eigenvalue weighted by atomic mass is 10.1. The molecule has 0 fully saturated rings. The molecule has 0 bridgehead atoms. The summed E-state index contributed by atoms with van der Waals surface area (Å²) in [5.74, 6) is -0.331. The second-order valence-corrected chi connectivity index (χ2v) is 4.78. The van der Waals surface area contributed by atoms with Crippen molar-refractivity contribution in [3.63, 3.8) is 0 Å². The number of halogens is 2. The minimum Gasteiger partial charge on any atom is -0.375 e. The summed E-state index contributed by atoms with van der Waals surface area (Å²) in [6, 6.07) is 12.8. The molecule has 2 aromatic carbocycles. The average Bonchev–Trinajstić information content (AvgIpc) is 2.34. The fraction of sp³-hybridized carbons (Fsp3) is 0.200. The molecule has 0 aliphatic rings. The lowest BCUT2D eigenvalue weighted by Gasteiger charge is -2.17. The van der Waals surface area contributed by atoms with Gasteiger partial charge in [-0.1, -0.05) is 47.5 Å². The number of anilines is 1. The van der Waals surface area contributed by atoms with Crippen LogP contribution in [0.2, 0.25) is 5.02 Å². The molecule has 0 radical (unpaired) electrons. The van der Waals surface area contributed by atoms with Gasteiger partial charge in [-0.05, 0) is 31.5 Å². The van der Waals surface area contributed by atoms with Gasteiger partial charge in [-0.25, -0.2) is 4.39 Å². The number of hydrogen-bond acceptors (Lipinski definition) is 1. The topological polar surface area (TPSA) is 12.0 Å². The summed E-state index contributed by atoms with van der Waals surface area (Å²) in [6.45, 7) is 4.02. The molecular weight excluding hydrogens is 249 g/mol. The Bertz CT molecular complexity index is 534. The van der Waals surface area contributed by atoms with Crippen molar-refractivity contribution in [1.29, 1.82) is 0 Å². The summed E-state index contributed by atoms with van der Waals surface area (Å²) in [5.41, 5.74) is 2.64. The molecule has 0 amide bonds. The molecule has 3 heteroatoms. The smallest absolute Gasteiger partial charge is 0.147 e. The van der Waals surface area contributed by atoms with E-state index in [-0.39, 0.29) is 11.9 Å². The molecule has 0 heterocycles. The molecule has 0 aromatic heterocycles. The van der Waals surface area contributed by atoms with E-state index in [9.17, 15) is 4.39 Å². The highest BCUT2D eigenvalue weighted by molar-refractivity contribution is 6.33. The fourth-order valence-electron chi connectivity index (χ4n) is 1.88. The maximum Gasteiger partial charge on any atom is 0.147 e. The molecule has 2 rings (SSSR count). The predicted molar refractivity (Wildman–Crippen MR) is 74.6 cm³/mol. The fourth-order valence-corrected chi connectivity index (χ4v) is 2.09. The first-order valence-electron chi connectivity index (χ1n) is 5.85. The van der Waals surface area contributed by atoms with E-state index < -0.39 is 0 Å². The van der Waals surface area contributed by atoms with Gasteiger partial charge in [0.25, 0.3) is 0 Å². The Labute approximate surface area is 112 Å². The zero-order valence-corrected chi connectivity index (χ0v) is 11.1. The van der Waals surface area contributed by atoms with Gasteiger partial charge in [0.15, 0.2) is 0 Å².